The molecule has 0 radical (unpaired) electrons. The SMILES string of the molecule is Cc1ccnc(CC(C)N(C)C(=O)Nc2cc(-c3ccccn3)nn2C)c1. The molecule has 7 nitrogen and oxygen atoms in total. The van der Waals surface area contributed by atoms with Crippen LogP contribution in [0.2, 0.25) is 0 Å². The minimum absolute atomic E-state index is 0.00258. The number of pyridine rings is 2. The summed E-state index contributed by atoms with van der Waals surface area (Å²) in [6.07, 6.45) is 4.21. The van der Waals surface area contributed by atoms with Gasteiger partial charge in [-0.25, -0.2) is 4.79 Å². The first-order valence-electron chi connectivity index (χ1n) is 8.85. The van der Waals surface area contributed by atoms with Gasteiger partial charge in [0.1, 0.15) is 11.5 Å². The number of aryl methyl sites for hydroxylation is 2. The quantitative estimate of drug-likeness (QED) is 0.754. The number of hydrogen-bond donors (Lipinski definition) is 1. The lowest BCUT2D eigenvalue weighted by Crippen LogP contribution is -2.39. The number of nitrogens with one attached hydrogen (secondary N) is 1. The van der Waals surface area contributed by atoms with E-state index < -0.39 is 0 Å². The van der Waals surface area contributed by atoms with Crippen molar-refractivity contribution in [3.8, 4) is 11.4 Å². The van der Waals surface area contributed by atoms with E-state index in [2.05, 4.69) is 20.4 Å². The Morgan fingerprint density at radius 3 is 2.70 bits per heavy atom. The molecule has 140 valence electrons. The lowest BCUT2D eigenvalue weighted by molar-refractivity contribution is 0.207. The Morgan fingerprint density at radius 1 is 1.19 bits per heavy atom. The molecule has 0 fully saturated rings. The Morgan fingerprint density at radius 2 is 2.00 bits per heavy atom. The number of hydrogen-bond acceptors (Lipinski definition) is 4. The summed E-state index contributed by atoms with van der Waals surface area (Å²) in [6.45, 7) is 4.04. The molecule has 0 bridgehead atoms. The molecule has 0 aliphatic carbocycles. The van der Waals surface area contributed by atoms with Crippen molar-refractivity contribution in [1.82, 2.24) is 24.6 Å². The second kappa shape index (κ2) is 7.99. The van der Waals surface area contributed by atoms with Gasteiger partial charge in [-0.2, -0.15) is 5.10 Å². The van der Waals surface area contributed by atoms with Gasteiger partial charge < -0.3 is 4.90 Å². The van der Waals surface area contributed by atoms with Gasteiger partial charge in [-0.15, -0.1) is 0 Å². The van der Waals surface area contributed by atoms with Crippen molar-refractivity contribution >= 4 is 11.8 Å². The highest BCUT2D eigenvalue weighted by Gasteiger charge is 2.19. The van der Waals surface area contributed by atoms with Crippen LogP contribution in [-0.4, -0.2) is 43.8 Å². The molecule has 0 aliphatic rings. The van der Waals surface area contributed by atoms with Crippen LogP contribution in [0.1, 0.15) is 18.2 Å². The van der Waals surface area contributed by atoms with E-state index in [9.17, 15) is 4.79 Å². The number of carbonyl (C=O) groups excluding carboxylic acids is 1. The normalized spacial score (nSPS) is 11.9. The Hall–Kier alpha value is -3.22. The Kier molecular flexibility index (Phi) is 5.49. The first kappa shape index (κ1) is 18.6. The second-order valence-corrected chi connectivity index (χ2v) is 6.67. The van der Waals surface area contributed by atoms with Crippen molar-refractivity contribution in [2.75, 3.05) is 12.4 Å². The second-order valence-electron chi connectivity index (χ2n) is 6.67. The standard InChI is InChI=1S/C20H24N6O/c1-14-8-10-21-16(11-14)12-15(2)25(3)20(27)23-19-13-18(24-26(19)4)17-7-5-6-9-22-17/h5-11,13,15H,12H2,1-4H3,(H,23,27). The average Bonchev–Trinajstić information content (AvgIpc) is 3.02. The molecule has 3 aromatic rings. The molecule has 0 saturated heterocycles. The summed E-state index contributed by atoms with van der Waals surface area (Å²) in [5.74, 6) is 0.619. The van der Waals surface area contributed by atoms with Crippen molar-refractivity contribution in [3.05, 3.63) is 60.0 Å². The average molecular weight is 364 g/mol. The van der Waals surface area contributed by atoms with Crippen LogP contribution >= 0.6 is 0 Å². The number of rotatable bonds is 5. The van der Waals surface area contributed by atoms with Gasteiger partial charge in [-0.05, 0) is 43.7 Å². The van der Waals surface area contributed by atoms with E-state index in [1.807, 2.05) is 50.2 Å². The fourth-order valence-corrected chi connectivity index (χ4v) is 2.77. The van der Waals surface area contributed by atoms with Gasteiger partial charge in [0.15, 0.2) is 0 Å². The summed E-state index contributed by atoms with van der Waals surface area (Å²) >= 11 is 0. The summed E-state index contributed by atoms with van der Waals surface area (Å²) in [7, 11) is 3.58. The molecule has 0 saturated carbocycles. The van der Waals surface area contributed by atoms with Gasteiger partial charge in [0, 0.05) is 50.7 Å². The lowest BCUT2D eigenvalue weighted by atomic mass is 10.1. The van der Waals surface area contributed by atoms with Gasteiger partial charge in [0.25, 0.3) is 0 Å². The van der Waals surface area contributed by atoms with Crippen LogP contribution in [0.3, 0.4) is 0 Å². The Labute approximate surface area is 159 Å². The van der Waals surface area contributed by atoms with Crippen molar-refractivity contribution in [2.24, 2.45) is 7.05 Å². The van der Waals surface area contributed by atoms with E-state index in [1.165, 1.54) is 0 Å². The molecule has 0 aromatic carbocycles. The van der Waals surface area contributed by atoms with Crippen LogP contribution < -0.4 is 5.32 Å². The highest BCUT2D eigenvalue weighted by Crippen LogP contribution is 2.19. The maximum atomic E-state index is 12.6. The summed E-state index contributed by atoms with van der Waals surface area (Å²) in [4.78, 5) is 23.0. The smallest absolute Gasteiger partial charge is 0.322 e. The predicted octanol–water partition coefficient (Wildman–Crippen LogP) is 3.28. The lowest BCUT2D eigenvalue weighted by Gasteiger charge is -2.25. The molecule has 3 heterocycles. The molecule has 3 aromatic heterocycles. The highest BCUT2D eigenvalue weighted by molar-refractivity contribution is 5.89. The van der Waals surface area contributed by atoms with E-state index in [0.29, 0.717) is 17.9 Å². The highest BCUT2D eigenvalue weighted by atomic mass is 16.2. The van der Waals surface area contributed by atoms with Gasteiger partial charge in [0.2, 0.25) is 0 Å². The fraction of sp³-hybridized carbons (Fsp3) is 0.300. The third kappa shape index (κ3) is 4.49. The molecule has 0 spiro atoms. The third-order valence-corrected chi connectivity index (χ3v) is 4.50. The number of amides is 2. The molecular weight excluding hydrogens is 340 g/mol. The molecule has 1 unspecified atom stereocenters. The number of anilines is 1. The summed E-state index contributed by atoms with van der Waals surface area (Å²) in [5.41, 5.74) is 3.62. The van der Waals surface area contributed by atoms with Crippen molar-refractivity contribution < 1.29 is 4.79 Å². The Bertz CT molecular complexity index is 921. The third-order valence-electron chi connectivity index (χ3n) is 4.50. The minimum Gasteiger partial charge on any atom is -0.324 e. The topological polar surface area (TPSA) is 75.9 Å². The molecule has 0 aliphatic heterocycles. The van der Waals surface area contributed by atoms with Gasteiger partial charge in [-0.3, -0.25) is 20.0 Å². The number of aromatic nitrogens is 4. The van der Waals surface area contributed by atoms with Gasteiger partial charge in [-0.1, -0.05) is 6.07 Å². The number of urea groups is 1. The van der Waals surface area contributed by atoms with Crippen LogP contribution in [0.4, 0.5) is 10.6 Å². The first-order chi connectivity index (χ1) is 12.9. The summed E-state index contributed by atoms with van der Waals surface area (Å²) < 4.78 is 1.64. The van der Waals surface area contributed by atoms with Crippen molar-refractivity contribution in [3.63, 3.8) is 0 Å². The first-order valence-corrected chi connectivity index (χ1v) is 8.85. The van der Waals surface area contributed by atoms with Crippen molar-refractivity contribution in [1.29, 1.82) is 0 Å². The molecule has 3 rings (SSSR count). The molecule has 27 heavy (non-hydrogen) atoms. The van der Waals surface area contributed by atoms with Crippen molar-refractivity contribution in [2.45, 2.75) is 26.3 Å². The van der Waals surface area contributed by atoms with Crippen LogP contribution in [0.15, 0.2) is 48.8 Å². The Balaban J connectivity index is 1.67. The summed E-state index contributed by atoms with van der Waals surface area (Å²) in [6, 6.07) is 11.3. The van der Waals surface area contributed by atoms with E-state index in [1.54, 1.807) is 36.1 Å². The van der Waals surface area contributed by atoms with E-state index in [-0.39, 0.29) is 12.1 Å². The largest absolute Gasteiger partial charge is 0.324 e. The number of carbonyl (C=O) groups is 1. The summed E-state index contributed by atoms with van der Waals surface area (Å²) in [5, 5.41) is 7.34. The zero-order chi connectivity index (χ0) is 19.4. The maximum Gasteiger partial charge on any atom is 0.322 e. The monoisotopic (exact) mass is 364 g/mol. The van der Waals surface area contributed by atoms with Gasteiger partial charge in [0.05, 0.1) is 5.69 Å². The number of nitrogens with zero attached hydrogens (tertiary/aromatic N) is 5. The fourth-order valence-electron chi connectivity index (χ4n) is 2.77. The molecule has 1 atom stereocenters. The number of likely N-dealkylation sites (N-methyl/N-ethyl adjacent to an activating group) is 1. The van der Waals surface area contributed by atoms with Gasteiger partial charge >= 0.3 is 6.03 Å². The molecule has 2 amide bonds. The molecular formula is C20H24N6O. The predicted molar refractivity (Wildman–Crippen MR) is 105 cm³/mol. The van der Waals surface area contributed by atoms with E-state index in [0.717, 1.165) is 17.0 Å². The van der Waals surface area contributed by atoms with E-state index >= 15 is 0 Å². The zero-order valence-electron chi connectivity index (χ0n) is 16.0. The molecule has 7 heteroatoms. The van der Waals surface area contributed by atoms with Crippen LogP contribution in [0, 0.1) is 6.92 Å². The zero-order valence-corrected chi connectivity index (χ0v) is 16.0. The van der Waals surface area contributed by atoms with Crippen LogP contribution in [-0.2, 0) is 13.5 Å². The minimum atomic E-state index is -0.189. The van der Waals surface area contributed by atoms with Crippen LogP contribution in [0.5, 0.6) is 0 Å². The molecule has 1 N–H and O–H groups in total. The van der Waals surface area contributed by atoms with Crippen LogP contribution in [0.25, 0.3) is 11.4 Å². The van der Waals surface area contributed by atoms with E-state index in [4.69, 9.17) is 0 Å². The maximum absolute atomic E-state index is 12.6.